The van der Waals surface area contributed by atoms with Gasteiger partial charge in [0.15, 0.2) is 0 Å². The van der Waals surface area contributed by atoms with Crippen molar-refractivity contribution >= 4 is 13.8 Å². The van der Waals surface area contributed by atoms with Crippen molar-refractivity contribution in [1.82, 2.24) is 0 Å². The zero-order valence-electron chi connectivity index (χ0n) is 40.3. The maximum atomic E-state index is 12.8. The van der Waals surface area contributed by atoms with Crippen molar-refractivity contribution in [3.05, 3.63) is 36.5 Å². The van der Waals surface area contributed by atoms with Gasteiger partial charge < -0.3 is 39.9 Å². The van der Waals surface area contributed by atoms with E-state index in [0.717, 1.165) is 64.2 Å². The molecule has 0 amide bonds. The van der Waals surface area contributed by atoms with Crippen LogP contribution in [0, 0.1) is 0 Å². The lowest BCUT2D eigenvalue weighted by Crippen LogP contribution is -2.64. The van der Waals surface area contributed by atoms with Crippen molar-refractivity contribution in [1.29, 1.82) is 0 Å². The monoisotopic (exact) mass is 931 g/mol. The quantitative estimate of drug-likeness (QED) is 0.0147. The third kappa shape index (κ3) is 33.1. The summed E-state index contributed by atoms with van der Waals surface area (Å²) >= 11 is 0. The summed E-state index contributed by atoms with van der Waals surface area (Å²) in [6.45, 7) is 4.27. The van der Waals surface area contributed by atoms with Crippen LogP contribution in [0.5, 0.6) is 0 Å². The van der Waals surface area contributed by atoms with E-state index in [2.05, 4.69) is 50.3 Å². The second-order valence-corrected chi connectivity index (χ2v) is 19.4. The predicted octanol–water partition coefficient (Wildman–Crippen LogP) is 11.4. The summed E-state index contributed by atoms with van der Waals surface area (Å²) in [7, 11) is -5.02. The van der Waals surface area contributed by atoms with E-state index in [-0.39, 0.29) is 13.0 Å². The molecule has 0 heterocycles. The summed E-state index contributed by atoms with van der Waals surface area (Å²) in [5.41, 5.74) is 0. The third-order valence-corrected chi connectivity index (χ3v) is 13.0. The second-order valence-electron chi connectivity index (χ2n) is 18.0. The highest BCUT2D eigenvalue weighted by Gasteiger charge is 2.51. The van der Waals surface area contributed by atoms with E-state index in [1.54, 1.807) is 0 Å². The fourth-order valence-corrected chi connectivity index (χ4v) is 8.87. The van der Waals surface area contributed by atoms with E-state index in [1.807, 2.05) is 0 Å². The maximum Gasteiger partial charge on any atom is 0.472 e. The number of rotatable bonds is 44. The van der Waals surface area contributed by atoms with Crippen LogP contribution >= 0.6 is 7.82 Å². The minimum absolute atomic E-state index is 0.0768. The lowest BCUT2D eigenvalue weighted by atomic mass is 9.85. The molecule has 13 heteroatoms. The molecule has 1 fully saturated rings. The molecule has 12 nitrogen and oxygen atoms in total. The number of phosphoric ester groups is 1. The molecule has 1 saturated carbocycles. The summed E-state index contributed by atoms with van der Waals surface area (Å²) in [4.78, 5) is 23.2. The molecule has 0 aromatic carbocycles. The molecule has 6 N–H and O–H groups in total. The van der Waals surface area contributed by atoms with Gasteiger partial charge in [-0.15, -0.1) is 0 Å². The Labute approximate surface area is 389 Å². The van der Waals surface area contributed by atoms with E-state index in [4.69, 9.17) is 18.5 Å². The first kappa shape index (κ1) is 60.6. The zero-order valence-corrected chi connectivity index (χ0v) is 41.2. The molecule has 376 valence electrons. The SMILES string of the molecule is CCCCCCC/C=C\C/C=C\C/C=C\CCCCCCCCCCC(=O)OC(COCCCCCCCCCCCCCCCC)COP(=O)(O)OC1C(O)C(O)C(O)C(O)C1O. The number of hydrogen-bond donors (Lipinski definition) is 6. The molecule has 6 atom stereocenters. The zero-order chi connectivity index (χ0) is 46.9. The lowest BCUT2D eigenvalue weighted by molar-refractivity contribution is -0.220. The highest BCUT2D eigenvalue weighted by molar-refractivity contribution is 7.47. The van der Waals surface area contributed by atoms with Crippen LogP contribution in [-0.2, 0) is 27.9 Å². The van der Waals surface area contributed by atoms with Crippen molar-refractivity contribution in [2.45, 2.75) is 262 Å². The van der Waals surface area contributed by atoms with Crippen LogP contribution in [0.3, 0.4) is 0 Å². The van der Waals surface area contributed by atoms with Gasteiger partial charge in [0.1, 0.15) is 42.7 Å². The highest BCUT2D eigenvalue weighted by atomic mass is 31.2. The normalized spacial score (nSPS) is 21.9. The van der Waals surface area contributed by atoms with E-state index in [9.17, 15) is 39.8 Å². The Hall–Kier alpha value is -1.44. The van der Waals surface area contributed by atoms with Gasteiger partial charge in [-0.05, 0) is 51.4 Å². The van der Waals surface area contributed by atoms with Crippen molar-refractivity contribution in [3.8, 4) is 0 Å². The smallest absolute Gasteiger partial charge is 0.457 e. The fourth-order valence-electron chi connectivity index (χ4n) is 7.89. The molecule has 0 radical (unpaired) electrons. The summed E-state index contributed by atoms with van der Waals surface area (Å²) in [6, 6.07) is 0. The molecular formula is C51H95O12P. The largest absolute Gasteiger partial charge is 0.472 e. The molecule has 1 aliphatic rings. The van der Waals surface area contributed by atoms with Crippen molar-refractivity contribution < 1.29 is 58.3 Å². The Balaban J connectivity index is 2.33. The lowest BCUT2D eigenvalue weighted by Gasteiger charge is -2.41. The van der Waals surface area contributed by atoms with Crippen LogP contribution in [-0.4, -0.2) is 98.9 Å². The summed E-state index contributed by atoms with van der Waals surface area (Å²) in [5.74, 6) is -0.482. The van der Waals surface area contributed by atoms with Crippen LogP contribution in [0.1, 0.15) is 219 Å². The number of esters is 1. The first-order chi connectivity index (χ1) is 31.0. The Bertz CT molecular complexity index is 1200. The predicted molar refractivity (Wildman–Crippen MR) is 258 cm³/mol. The van der Waals surface area contributed by atoms with Gasteiger partial charge in [-0.1, -0.05) is 198 Å². The molecule has 1 aliphatic carbocycles. The number of unbranched alkanes of at least 4 members (excludes halogenated alkanes) is 26. The van der Waals surface area contributed by atoms with Crippen molar-refractivity contribution in [2.75, 3.05) is 19.8 Å². The number of aliphatic hydroxyl groups excluding tert-OH is 5. The molecule has 0 aliphatic heterocycles. The van der Waals surface area contributed by atoms with E-state index < -0.39 is 63.1 Å². The molecule has 0 bridgehead atoms. The second kappa shape index (κ2) is 41.7. The minimum Gasteiger partial charge on any atom is -0.457 e. The Kier molecular flexibility index (Phi) is 39.5. The molecule has 0 saturated heterocycles. The van der Waals surface area contributed by atoms with E-state index >= 15 is 0 Å². The number of hydrogen-bond acceptors (Lipinski definition) is 11. The number of aliphatic hydroxyl groups is 5. The number of allylic oxidation sites excluding steroid dienone is 6. The first-order valence-electron chi connectivity index (χ1n) is 25.8. The fraction of sp³-hybridized carbons (Fsp3) is 0.863. The third-order valence-electron chi connectivity index (χ3n) is 12.0. The van der Waals surface area contributed by atoms with Crippen molar-refractivity contribution in [2.24, 2.45) is 0 Å². The molecule has 0 spiro atoms. The highest BCUT2D eigenvalue weighted by Crippen LogP contribution is 2.47. The van der Waals surface area contributed by atoms with Crippen LogP contribution in [0.2, 0.25) is 0 Å². The van der Waals surface area contributed by atoms with Crippen molar-refractivity contribution in [3.63, 3.8) is 0 Å². The topological polar surface area (TPSA) is 192 Å². The van der Waals surface area contributed by atoms with Gasteiger partial charge in [0.05, 0.1) is 13.2 Å². The molecule has 64 heavy (non-hydrogen) atoms. The standard InChI is InChI=1S/C51H95O12P/c1-3-5-7-9-11-13-15-17-19-20-21-22-23-24-25-26-27-28-30-32-34-36-38-40-45(52)62-44(42-60-41-39-37-35-33-31-29-18-16-14-12-10-8-6-4-2)43-61-64(58,59)63-51-49(56)47(54)46(53)48(55)50(51)57/h15,17,20-21,23-24,44,46-51,53-57H,3-14,16,18-19,22,25-43H2,1-2H3,(H,58,59)/b17-15-,21-20-,24-23-. The number of ether oxygens (including phenoxy) is 2. The van der Waals surface area contributed by atoms with Gasteiger partial charge in [-0.3, -0.25) is 13.8 Å². The molecule has 0 aromatic rings. The number of carbonyl (C=O) groups is 1. The molecule has 6 unspecified atom stereocenters. The van der Waals surface area contributed by atoms with E-state index in [0.29, 0.717) is 13.0 Å². The average Bonchev–Trinajstić information content (AvgIpc) is 3.28. The first-order valence-corrected chi connectivity index (χ1v) is 27.3. The van der Waals surface area contributed by atoms with Gasteiger partial charge in [-0.2, -0.15) is 0 Å². The summed E-state index contributed by atoms with van der Waals surface area (Å²) in [6.07, 6.45) is 37.8. The van der Waals surface area contributed by atoms with Gasteiger partial charge in [0, 0.05) is 13.0 Å². The van der Waals surface area contributed by atoms with Crippen LogP contribution in [0.25, 0.3) is 0 Å². The van der Waals surface area contributed by atoms with Gasteiger partial charge in [0.25, 0.3) is 0 Å². The molecule has 0 aromatic heterocycles. The Morgan fingerprint density at radius 2 is 0.875 bits per heavy atom. The maximum absolute atomic E-state index is 12.8. The van der Waals surface area contributed by atoms with Gasteiger partial charge in [0.2, 0.25) is 0 Å². The minimum atomic E-state index is -5.02. The summed E-state index contributed by atoms with van der Waals surface area (Å²) < 4.78 is 34.3. The van der Waals surface area contributed by atoms with Crippen LogP contribution < -0.4 is 0 Å². The number of phosphoric acid groups is 1. The number of carbonyl (C=O) groups excluding carboxylic acids is 1. The summed E-state index contributed by atoms with van der Waals surface area (Å²) in [5, 5.41) is 50.3. The molecule has 1 rings (SSSR count). The van der Waals surface area contributed by atoms with Crippen LogP contribution in [0.15, 0.2) is 36.5 Å². The van der Waals surface area contributed by atoms with Crippen LogP contribution in [0.4, 0.5) is 0 Å². The van der Waals surface area contributed by atoms with Gasteiger partial charge in [-0.25, -0.2) is 4.57 Å². The molecular weight excluding hydrogens is 836 g/mol. The van der Waals surface area contributed by atoms with E-state index in [1.165, 1.54) is 128 Å². The average molecular weight is 931 g/mol. The Morgan fingerprint density at radius 3 is 1.33 bits per heavy atom. The Morgan fingerprint density at radius 1 is 0.500 bits per heavy atom. The van der Waals surface area contributed by atoms with Gasteiger partial charge >= 0.3 is 13.8 Å².